The van der Waals surface area contributed by atoms with Gasteiger partial charge in [0.2, 0.25) is 0 Å². The smallest absolute Gasteiger partial charge is 0.260 e. The fraction of sp³-hybridized carbons (Fsp3) is 0.182. The zero-order chi connectivity index (χ0) is 13.3. The van der Waals surface area contributed by atoms with Gasteiger partial charge in [0, 0.05) is 7.05 Å². The third kappa shape index (κ3) is 2.12. The fourth-order valence-corrected chi connectivity index (χ4v) is 1.71. The number of aryl methyl sites for hydroxylation is 2. The Morgan fingerprint density at radius 2 is 2.28 bits per heavy atom. The normalized spacial score (nSPS) is 10.3. The summed E-state index contributed by atoms with van der Waals surface area (Å²) < 4.78 is 6.58. The van der Waals surface area contributed by atoms with Crippen LogP contribution in [0.5, 0.6) is 0 Å². The van der Waals surface area contributed by atoms with E-state index < -0.39 is 0 Å². The largest absolute Gasteiger partial charge is 0.469 e. The summed E-state index contributed by atoms with van der Waals surface area (Å²) >= 11 is 4.90. The second-order valence-electron chi connectivity index (χ2n) is 3.74. The van der Waals surface area contributed by atoms with Gasteiger partial charge in [-0.2, -0.15) is 5.10 Å². The molecule has 2 rings (SSSR count). The number of rotatable bonds is 3. The van der Waals surface area contributed by atoms with Gasteiger partial charge in [0.05, 0.1) is 23.6 Å². The second kappa shape index (κ2) is 4.61. The van der Waals surface area contributed by atoms with Gasteiger partial charge in [-0.3, -0.25) is 9.48 Å². The molecule has 7 heteroatoms. The van der Waals surface area contributed by atoms with E-state index in [9.17, 15) is 4.79 Å². The van der Waals surface area contributed by atoms with E-state index in [2.05, 4.69) is 10.4 Å². The van der Waals surface area contributed by atoms with Crippen LogP contribution in [0.15, 0.2) is 22.9 Å². The lowest BCUT2D eigenvalue weighted by molar-refractivity contribution is 0.102. The van der Waals surface area contributed by atoms with E-state index >= 15 is 0 Å². The molecule has 94 valence electrons. The SMILES string of the molecule is Cc1occc1C(=O)Nc1c(C(N)=S)cnn1C. The van der Waals surface area contributed by atoms with E-state index in [1.54, 1.807) is 20.0 Å². The number of hydrogen-bond acceptors (Lipinski definition) is 4. The van der Waals surface area contributed by atoms with E-state index in [0.717, 1.165) is 0 Å². The number of anilines is 1. The third-order valence-corrected chi connectivity index (χ3v) is 2.76. The van der Waals surface area contributed by atoms with Gasteiger partial charge in [-0.05, 0) is 13.0 Å². The molecule has 18 heavy (non-hydrogen) atoms. The highest BCUT2D eigenvalue weighted by atomic mass is 32.1. The van der Waals surface area contributed by atoms with Crippen molar-refractivity contribution in [3.8, 4) is 0 Å². The van der Waals surface area contributed by atoms with Crippen LogP contribution in [0.1, 0.15) is 21.7 Å². The fourth-order valence-electron chi connectivity index (χ4n) is 1.56. The maximum absolute atomic E-state index is 12.0. The Morgan fingerprint density at radius 3 is 2.83 bits per heavy atom. The van der Waals surface area contributed by atoms with Gasteiger partial charge in [0.15, 0.2) is 0 Å². The molecule has 0 saturated carbocycles. The lowest BCUT2D eigenvalue weighted by atomic mass is 10.2. The number of carbonyl (C=O) groups excluding carboxylic acids is 1. The van der Waals surface area contributed by atoms with Crippen molar-refractivity contribution >= 4 is 28.9 Å². The molecule has 0 aliphatic rings. The summed E-state index contributed by atoms with van der Waals surface area (Å²) in [7, 11) is 1.69. The number of nitrogens with two attached hydrogens (primary N) is 1. The van der Waals surface area contributed by atoms with Crippen LogP contribution >= 0.6 is 12.2 Å². The van der Waals surface area contributed by atoms with E-state index in [1.807, 2.05) is 0 Å². The third-order valence-electron chi connectivity index (χ3n) is 2.54. The Hall–Kier alpha value is -2.15. The topological polar surface area (TPSA) is 86.1 Å². The lowest BCUT2D eigenvalue weighted by Gasteiger charge is -2.07. The van der Waals surface area contributed by atoms with Crippen LogP contribution in [0.25, 0.3) is 0 Å². The second-order valence-corrected chi connectivity index (χ2v) is 4.18. The number of nitrogens with zero attached hydrogens (tertiary/aromatic N) is 2. The molecule has 0 aliphatic heterocycles. The molecule has 1 amide bonds. The molecule has 0 spiro atoms. The highest BCUT2D eigenvalue weighted by molar-refractivity contribution is 7.80. The van der Waals surface area contributed by atoms with E-state index in [0.29, 0.717) is 22.7 Å². The molecule has 3 N–H and O–H groups in total. The van der Waals surface area contributed by atoms with Crippen LogP contribution in [0, 0.1) is 6.92 Å². The summed E-state index contributed by atoms with van der Waals surface area (Å²) in [5, 5.41) is 6.72. The highest BCUT2D eigenvalue weighted by Crippen LogP contribution is 2.16. The molecule has 0 aromatic carbocycles. The van der Waals surface area contributed by atoms with E-state index in [4.69, 9.17) is 22.4 Å². The van der Waals surface area contributed by atoms with Crippen LogP contribution in [0.3, 0.4) is 0 Å². The lowest BCUT2D eigenvalue weighted by Crippen LogP contribution is -2.19. The van der Waals surface area contributed by atoms with Crippen molar-refractivity contribution < 1.29 is 9.21 Å². The summed E-state index contributed by atoms with van der Waals surface area (Å²) in [6.07, 6.45) is 2.97. The average Bonchev–Trinajstić information content (AvgIpc) is 2.86. The van der Waals surface area contributed by atoms with Gasteiger partial charge in [-0.1, -0.05) is 12.2 Å². The van der Waals surface area contributed by atoms with Crippen molar-refractivity contribution in [3.05, 3.63) is 35.4 Å². The molecule has 0 fully saturated rings. The molecule has 0 saturated heterocycles. The average molecular weight is 264 g/mol. The molecule has 0 unspecified atom stereocenters. The van der Waals surface area contributed by atoms with E-state index in [-0.39, 0.29) is 10.9 Å². The first-order valence-electron chi connectivity index (χ1n) is 5.18. The van der Waals surface area contributed by atoms with Crippen molar-refractivity contribution in [1.29, 1.82) is 0 Å². The predicted molar refractivity (Wildman–Crippen MR) is 70.5 cm³/mol. The van der Waals surface area contributed by atoms with Gasteiger partial charge >= 0.3 is 0 Å². The van der Waals surface area contributed by atoms with Crippen LogP contribution < -0.4 is 11.1 Å². The summed E-state index contributed by atoms with van der Waals surface area (Å²) in [5.74, 6) is 0.724. The Balaban J connectivity index is 2.30. The van der Waals surface area contributed by atoms with Crippen molar-refractivity contribution in [2.24, 2.45) is 12.8 Å². The molecular weight excluding hydrogens is 252 g/mol. The maximum atomic E-state index is 12.0. The molecule has 0 bridgehead atoms. The van der Waals surface area contributed by atoms with Gasteiger partial charge in [0.25, 0.3) is 5.91 Å². The Kier molecular flexibility index (Phi) is 3.15. The van der Waals surface area contributed by atoms with Crippen LogP contribution in [-0.4, -0.2) is 20.7 Å². The summed E-state index contributed by atoms with van der Waals surface area (Å²) in [6.45, 7) is 1.71. The molecule has 2 heterocycles. The summed E-state index contributed by atoms with van der Waals surface area (Å²) in [4.78, 5) is 12.2. The molecular formula is C11H12N4O2S. The molecule has 2 aromatic heterocycles. The molecule has 6 nitrogen and oxygen atoms in total. The zero-order valence-electron chi connectivity index (χ0n) is 9.93. The molecule has 0 aliphatic carbocycles. The van der Waals surface area contributed by atoms with Gasteiger partial charge < -0.3 is 15.5 Å². The van der Waals surface area contributed by atoms with Crippen molar-refractivity contribution in [3.63, 3.8) is 0 Å². The number of amides is 1. The van der Waals surface area contributed by atoms with E-state index in [1.165, 1.54) is 17.1 Å². The van der Waals surface area contributed by atoms with Crippen LogP contribution in [-0.2, 0) is 7.05 Å². The molecule has 0 atom stereocenters. The number of thiocarbonyl (C=S) groups is 1. The first kappa shape index (κ1) is 12.3. The van der Waals surface area contributed by atoms with Gasteiger partial charge in [0.1, 0.15) is 16.6 Å². The molecule has 0 radical (unpaired) electrons. The van der Waals surface area contributed by atoms with Crippen LogP contribution in [0.4, 0.5) is 5.82 Å². The van der Waals surface area contributed by atoms with Crippen LogP contribution in [0.2, 0.25) is 0 Å². The van der Waals surface area contributed by atoms with Crippen molar-refractivity contribution in [2.45, 2.75) is 6.92 Å². The minimum Gasteiger partial charge on any atom is -0.469 e. The monoisotopic (exact) mass is 264 g/mol. The summed E-state index contributed by atoms with van der Waals surface area (Å²) in [5.41, 5.74) is 6.55. The number of carbonyl (C=O) groups is 1. The van der Waals surface area contributed by atoms with Gasteiger partial charge in [-0.25, -0.2) is 0 Å². The minimum absolute atomic E-state index is 0.183. The quantitative estimate of drug-likeness (QED) is 0.814. The predicted octanol–water partition coefficient (Wildman–Crippen LogP) is 1.21. The Labute approximate surface area is 109 Å². The minimum atomic E-state index is -0.289. The number of furan rings is 1. The standard InChI is InChI=1S/C11H12N4O2S/c1-6-7(3-4-17-6)11(16)14-10-8(9(12)18)5-13-15(10)2/h3-5H,1-2H3,(H2,12,18)(H,14,16). The number of hydrogen-bond donors (Lipinski definition) is 2. The number of nitrogens with one attached hydrogen (secondary N) is 1. The Bertz CT molecular complexity index is 614. The number of aromatic nitrogens is 2. The molecule has 2 aromatic rings. The maximum Gasteiger partial charge on any atom is 0.260 e. The highest BCUT2D eigenvalue weighted by Gasteiger charge is 2.17. The Morgan fingerprint density at radius 1 is 1.56 bits per heavy atom. The first-order chi connectivity index (χ1) is 8.50. The van der Waals surface area contributed by atoms with Crippen molar-refractivity contribution in [1.82, 2.24) is 9.78 Å². The van der Waals surface area contributed by atoms with Crippen molar-refractivity contribution in [2.75, 3.05) is 5.32 Å². The zero-order valence-corrected chi connectivity index (χ0v) is 10.7. The summed E-state index contributed by atoms with van der Waals surface area (Å²) in [6, 6.07) is 1.60. The first-order valence-corrected chi connectivity index (χ1v) is 5.58. The van der Waals surface area contributed by atoms with Gasteiger partial charge in [-0.15, -0.1) is 0 Å².